The van der Waals surface area contributed by atoms with Gasteiger partial charge in [-0.2, -0.15) is 0 Å². The van der Waals surface area contributed by atoms with E-state index in [1.807, 2.05) is 39.0 Å². The quantitative estimate of drug-likeness (QED) is 0.880. The molecule has 1 aromatic carbocycles. The van der Waals surface area contributed by atoms with Crippen molar-refractivity contribution in [2.24, 2.45) is 5.41 Å². The summed E-state index contributed by atoms with van der Waals surface area (Å²) in [6.45, 7) is 8.03. The second kappa shape index (κ2) is 6.34. The minimum absolute atomic E-state index is 0.0430. The Bertz CT molecular complexity index is 738. The van der Waals surface area contributed by atoms with Crippen molar-refractivity contribution in [3.05, 3.63) is 45.8 Å². The molecule has 2 aromatic rings. The number of carbonyl (C=O) groups excluding carboxylic acids is 1. The Kier molecular flexibility index (Phi) is 4.69. The number of carbonyl (C=O) groups is 1. The van der Waals surface area contributed by atoms with Crippen molar-refractivity contribution in [2.75, 3.05) is 0 Å². The number of amides is 1. The molecule has 0 aliphatic heterocycles. The van der Waals surface area contributed by atoms with Crippen LogP contribution in [0.15, 0.2) is 33.5 Å². The highest BCUT2D eigenvalue weighted by Crippen LogP contribution is 2.20. The van der Waals surface area contributed by atoms with Gasteiger partial charge in [0.2, 0.25) is 5.91 Å². The Morgan fingerprint density at radius 3 is 2.59 bits per heavy atom. The summed E-state index contributed by atoms with van der Waals surface area (Å²) in [6, 6.07) is 7.31. The van der Waals surface area contributed by atoms with Crippen molar-refractivity contribution in [1.82, 2.24) is 5.32 Å². The van der Waals surface area contributed by atoms with E-state index >= 15 is 0 Å². The zero-order chi connectivity index (χ0) is 16.3. The third-order valence-corrected chi connectivity index (χ3v) is 3.55. The lowest BCUT2D eigenvalue weighted by atomic mass is 9.95. The van der Waals surface area contributed by atoms with Gasteiger partial charge in [-0.3, -0.25) is 4.79 Å². The summed E-state index contributed by atoms with van der Waals surface area (Å²) in [4.78, 5) is 23.7. The molecule has 0 fully saturated rings. The SMILES string of the molecule is CCCc1ccc2oc(=O)cc(CNC(=O)C(C)(C)C)c2c1. The normalized spacial score (nSPS) is 11.6. The molecule has 1 aromatic heterocycles. The fourth-order valence-corrected chi connectivity index (χ4v) is 2.31. The molecule has 118 valence electrons. The second-order valence-corrected chi connectivity index (χ2v) is 6.60. The van der Waals surface area contributed by atoms with Crippen LogP contribution in [-0.2, 0) is 17.8 Å². The fourth-order valence-electron chi connectivity index (χ4n) is 2.31. The number of nitrogens with one attached hydrogen (secondary N) is 1. The molecule has 22 heavy (non-hydrogen) atoms. The van der Waals surface area contributed by atoms with Gasteiger partial charge in [0.05, 0.1) is 0 Å². The number of hydrogen-bond donors (Lipinski definition) is 1. The molecule has 1 N–H and O–H groups in total. The van der Waals surface area contributed by atoms with Crippen molar-refractivity contribution in [1.29, 1.82) is 0 Å². The van der Waals surface area contributed by atoms with Crippen LogP contribution in [0, 0.1) is 5.41 Å². The zero-order valence-corrected chi connectivity index (χ0v) is 13.7. The van der Waals surface area contributed by atoms with E-state index in [1.54, 1.807) is 0 Å². The molecule has 2 rings (SSSR count). The van der Waals surface area contributed by atoms with Crippen LogP contribution in [-0.4, -0.2) is 5.91 Å². The van der Waals surface area contributed by atoms with Crippen LogP contribution >= 0.6 is 0 Å². The summed E-state index contributed by atoms with van der Waals surface area (Å²) >= 11 is 0. The van der Waals surface area contributed by atoms with Crippen molar-refractivity contribution >= 4 is 16.9 Å². The van der Waals surface area contributed by atoms with Gasteiger partial charge >= 0.3 is 5.63 Å². The number of benzene rings is 1. The molecular formula is C18H23NO3. The molecule has 0 saturated heterocycles. The van der Waals surface area contributed by atoms with Crippen LogP contribution < -0.4 is 10.9 Å². The van der Waals surface area contributed by atoms with Gasteiger partial charge < -0.3 is 9.73 Å². The van der Waals surface area contributed by atoms with Gasteiger partial charge in [0, 0.05) is 23.4 Å². The lowest BCUT2D eigenvalue weighted by Gasteiger charge is -2.18. The number of aryl methyl sites for hydroxylation is 1. The first kappa shape index (κ1) is 16.3. The number of rotatable bonds is 4. The number of fused-ring (bicyclic) bond motifs is 1. The predicted octanol–water partition coefficient (Wildman–Crippen LogP) is 3.41. The van der Waals surface area contributed by atoms with E-state index in [1.165, 1.54) is 11.6 Å². The molecule has 0 spiro atoms. The molecule has 0 aliphatic carbocycles. The van der Waals surface area contributed by atoms with E-state index in [-0.39, 0.29) is 5.91 Å². The molecule has 1 heterocycles. The fraction of sp³-hybridized carbons (Fsp3) is 0.444. The van der Waals surface area contributed by atoms with Crippen LogP contribution in [0.4, 0.5) is 0 Å². The van der Waals surface area contributed by atoms with Crippen molar-refractivity contribution in [2.45, 2.75) is 47.1 Å². The first-order chi connectivity index (χ1) is 10.3. The van der Waals surface area contributed by atoms with E-state index in [9.17, 15) is 9.59 Å². The van der Waals surface area contributed by atoms with E-state index in [2.05, 4.69) is 12.2 Å². The van der Waals surface area contributed by atoms with Gasteiger partial charge in [-0.15, -0.1) is 0 Å². The van der Waals surface area contributed by atoms with Crippen LogP contribution in [0.25, 0.3) is 11.0 Å². The maximum Gasteiger partial charge on any atom is 0.336 e. The topological polar surface area (TPSA) is 59.3 Å². The molecule has 0 unspecified atom stereocenters. The van der Waals surface area contributed by atoms with Gasteiger partial charge in [0.15, 0.2) is 0 Å². The van der Waals surface area contributed by atoms with Crippen molar-refractivity contribution in [3.63, 3.8) is 0 Å². The second-order valence-electron chi connectivity index (χ2n) is 6.60. The third kappa shape index (κ3) is 3.75. The minimum atomic E-state index is -0.456. The lowest BCUT2D eigenvalue weighted by Crippen LogP contribution is -2.34. The highest BCUT2D eigenvalue weighted by Gasteiger charge is 2.21. The first-order valence-electron chi connectivity index (χ1n) is 7.65. The average molecular weight is 301 g/mol. The van der Waals surface area contributed by atoms with Crippen LogP contribution in [0.1, 0.15) is 45.2 Å². The zero-order valence-electron chi connectivity index (χ0n) is 13.7. The molecule has 0 aliphatic rings. The van der Waals surface area contributed by atoms with Crippen molar-refractivity contribution < 1.29 is 9.21 Å². The Morgan fingerprint density at radius 1 is 1.23 bits per heavy atom. The summed E-state index contributed by atoms with van der Waals surface area (Å²) < 4.78 is 5.24. The van der Waals surface area contributed by atoms with Gasteiger partial charge in [0.25, 0.3) is 0 Å². The highest BCUT2D eigenvalue weighted by molar-refractivity contribution is 5.83. The predicted molar refractivity (Wildman–Crippen MR) is 87.8 cm³/mol. The monoisotopic (exact) mass is 301 g/mol. The minimum Gasteiger partial charge on any atom is -0.423 e. The molecule has 4 heteroatoms. The summed E-state index contributed by atoms with van der Waals surface area (Å²) in [5.74, 6) is -0.0430. The molecule has 0 radical (unpaired) electrons. The summed E-state index contributed by atoms with van der Waals surface area (Å²) in [7, 11) is 0. The van der Waals surface area contributed by atoms with E-state index < -0.39 is 11.0 Å². The van der Waals surface area contributed by atoms with Crippen LogP contribution in [0.2, 0.25) is 0 Å². The first-order valence-corrected chi connectivity index (χ1v) is 7.65. The van der Waals surface area contributed by atoms with Gasteiger partial charge in [0.1, 0.15) is 5.58 Å². The van der Waals surface area contributed by atoms with Crippen molar-refractivity contribution in [3.8, 4) is 0 Å². The average Bonchev–Trinajstić information content (AvgIpc) is 2.44. The third-order valence-electron chi connectivity index (χ3n) is 3.55. The van der Waals surface area contributed by atoms with E-state index in [0.29, 0.717) is 12.1 Å². The summed E-state index contributed by atoms with van der Waals surface area (Å²) in [5.41, 5.74) is 1.71. The Hall–Kier alpha value is -2.10. The molecular weight excluding hydrogens is 278 g/mol. The molecule has 0 saturated carbocycles. The largest absolute Gasteiger partial charge is 0.423 e. The van der Waals surface area contributed by atoms with Gasteiger partial charge in [-0.25, -0.2) is 4.79 Å². The van der Waals surface area contributed by atoms with E-state index in [0.717, 1.165) is 23.8 Å². The lowest BCUT2D eigenvalue weighted by molar-refractivity contribution is -0.128. The maximum absolute atomic E-state index is 12.0. The molecule has 0 bridgehead atoms. The summed E-state index contributed by atoms with van der Waals surface area (Å²) in [5, 5.41) is 3.78. The standard InChI is InChI=1S/C18H23NO3/c1-5-6-12-7-8-15-14(9-12)13(10-16(20)22-15)11-19-17(21)18(2,3)4/h7-10H,5-6,11H2,1-4H3,(H,19,21). The van der Waals surface area contributed by atoms with Gasteiger partial charge in [-0.1, -0.05) is 40.2 Å². The maximum atomic E-state index is 12.0. The highest BCUT2D eigenvalue weighted by atomic mass is 16.4. The molecule has 4 nitrogen and oxygen atoms in total. The Morgan fingerprint density at radius 2 is 1.95 bits per heavy atom. The van der Waals surface area contributed by atoms with Crippen LogP contribution in [0.3, 0.4) is 0 Å². The molecule has 1 amide bonds. The molecule has 0 atom stereocenters. The Balaban J connectivity index is 2.36. The summed E-state index contributed by atoms with van der Waals surface area (Å²) in [6.07, 6.45) is 2.03. The Labute approximate surface area is 130 Å². The van der Waals surface area contributed by atoms with Gasteiger partial charge in [-0.05, 0) is 29.7 Å². The smallest absolute Gasteiger partial charge is 0.336 e. The number of hydrogen-bond acceptors (Lipinski definition) is 3. The van der Waals surface area contributed by atoms with Crippen LogP contribution in [0.5, 0.6) is 0 Å². The van der Waals surface area contributed by atoms with E-state index in [4.69, 9.17) is 4.42 Å².